The number of rotatable bonds is 6. The van der Waals surface area contributed by atoms with Crippen molar-refractivity contribution < 1.29 is 28.5 Å². The SMILES string of the molecule is COc1cc2c(cc1OC)[C@H](NC(=O)COc1ccc3c(c1)OCO3)CC2. The van der Waals surface area contributed by atoms with Crippen LogP contribution in [0.15, 0.2) is 30.3 Å². The van der Waals surface area contributed by atoms with Gasteiger partial charge in [-0.05, 0) is 48.2 Å². The van der Waals surface area contributed by atoms with Crippen LogP contribution in [-0.4, -0.2) is 33.5 Å². The van der Waals surface area contributed by atoms with Crippen molar-refractivity contribution in [3.8, 4) is 28.7 Å². The van der Waals surface area contributed by atoms with Crippen LogP contribution >= 0.6 is 0 Å². The second-order valence-electron chi connectivity index (χ2n) is 6.37. The lowest BCUT2D eigenvalue weighted by atomic mass is 10.1. The minimum atomic E-state index is -0.180. The van der Waals surface area contributed by atoms with Gasteiger partial charge in [-0.1, -0.05) is 0 Å². The first-order valence-corrected chi connectivity index (χ1v) is 8.74. The first kappa shape index (κ1) is 17.3. The van der Waals surface area contributed by atoms with Crippen LogP contribution in [0.3, 0.4) is 0 Å². The van der Waals surface area contributed by atoms with Crippen LogP contribution in [0.25, 0.3) is 0 Å². The third-order valence-electron chi connectivity index (χ3n) is 4.77. The molecular formula is C20H21NO6. The fourth-order valence-electron chi connectivity index (χ4n) is 3.43. The summed E-state index contributed by atoms with van der Waals surface area (Å²) in [5.41, 5.74) is 2.22. The van der Waals surface area contributed by atoms with E-state index in [0.29, 0.717) is 28.7 Å². The molecule has 4 rings (SSSR count). The Morgan fingerprint density at radius 3 is 2.70 bits per heavy atom. The van der Waals surface area contributed by atoms with Gasteiger partial charge in [-0.25, -0.2) is 0 Å². The summed E-state index contributed by atoms with van der Waals surface area (Å²) in [7, 11) is 3.22. The van der Waals surface area contributed by atoms with Crippen LogP contribution in [0.4, 0.5) is 0 Å². The van der Waals surface area contributed by atoms with Gasteiger partial charge >= 0.3 is 0 Å². The molecule has 2 aromatic rings. The normalized spacial score (nSPS) is 16.6. The van der Waals surface area contributed by atoms with Crippen molar-refractivity contribution in [2.24, 2.45) is 0 Å². The maximum atomic E-state index is 12.3. The number of carbonyl (C=O) groups is 1. The zero-order valence-electron chi connectivity index (χ0n) is 15.2. The van der Waals surface area contributed by atoms with Crippen molar-refractivity contribution in [3.63, 3.8) is 0 Å². The van der Waals surface area contributed by atoms with Gasteiger partial charge in [0.25, 0.3) is 5.91 Å². The van der Waals surface area contributed by atoms with Gasteiger partial charge < -0.3 is 29.0 Å². The maximum Gasteiger partial charge on any atom is 0.258 e. The highest BCUT2D eigenvalue weighted by Gasteiger charge is 2.26. The van der Waals surface area contributed by atoms with Crippen molar-refractivity contribution in [2.75, 3.05) is 27.6 Å². The van der Waals surface area contributed by atoms with Crippen LogP contribution < -0.4 is 29.0 Å². The van der Waals surface area contributed by atoms with Crippen LogP contribution in [-0.2, 0) is 11.2 Å². The van der Waals surface area contributed by atoms with Gasteiger partial charge in [0.05, 0.1) is 20.3 Å². The van der Waals surface area contributed by atoms with E-state index in [4.69, 9.17) is 23.7 Å². The van der Waals surface area contributed by atoms with Gasteiger partial charge in [0, 0.05) is 6.07 Å². The Hall–Kier alpha value is -3.09. The second-order valence-corrected chi connectivity index (χ2v) is 6.37. The molecule has 1 N–H and O–H groups in total. The largest absolute Gasteiger partial charge is 0.493 e. The summed E-state index contributed by atoms with van der Waals surface area (Å²) in [5, 5.41) is 3.03. The summed E-state index contributed by atoms with van der Waals surface area (Å²) >= 11 is 0. The standard InChI is InChI=1S/C20H21NO6/c1-23-17-7-12-3-5-15(14(12)9-18(17)24-2)21-20(22)10-25-13-4-6-16-19(8-13)27-11-26-16/h4,6-9,15H,3,5,10-11H2,1-2H3,(H,21,22)/t15-/m1/s1. The van der Waals surface area contributed by atoms with Gasteiger partial charge in [-0.2, -0.15) is 0 Å². The lowest BCUT2D eigenvalue weighted by Crippen LogP contribution is -2.31. The highest BCUT2D eigenvalue weighted by atomic mass is 16.7. The number of amides is 1. The molecule has 2 aliphatic rings. The van der Waals surface area contributed by atoms with E-state index < -0.39 is 0 Å². The fraction of sp³-hybridized carbons (Fsp3) is 0.350. The van der Waals surface area contributed by atoms with Crippen LogP contribution in [0.1, 0.15) is 23.6 Å². The van der Waals surface area contributed by atoms with E-state index in [2.05, 4.69) is 5.32 Å². The molecule has 0 saturated heterocycles. The Morgan fingerprint density at radius 2 is 1.89 bits per heavy atom. The van der Waals surface area contributed by atoms with Crippen molar-refractivity contribution in [2.45, 2.75) is 18.9 Å². The Labute approximate surface area is 157 Å². The molecule has 27 heavy (non-hydrogen) atoms. The molecule has 7 heteroatoms. The topological polar surface area (TPSA) is 75.3 Å². The number of carbonyl (C=O) groups excluding carboxylic acids is 1. The Balaban J connectivity index is 1.38. The van der Waals surface area contributed by atoms with Gasteiger partial charge in [0.15, 0.2) is 29.6 Å². The number of hydrogen-bond donors (Lipinski definition) is 1. The first-order valence-electron chi connectivity index (χ1n) is 8.74. The molecule has 142 valence electrons. The summed E-state index contributed by atoms with van der Waals surface area (Å²) in [6.07, 6.45) is 1.71. The van der Waals surface area contributed by atoms with E-state index in [1.54, 1.807) is 32.4 Å². The average molecular weight is 371 g/mol. The highest BCUT2D eigenvalue weighted by Crippen LogP contribution is 2.39. The number of methoxy groups -OCH3 is 2. The monoisotopic (exact) mass is 371 g/mol. The molecule has 7 nitrogen and oxygen atoms in total. The zero-order valence-corrected chi connectivity index (χ0v) is 15.2. The predicted octanol–water partition coefficient (Wildman–Crippen LogP) is 2.62. The molecule has 0 bridgehead atoms. The number of benzene rings is 2. The smallest absolute Gasteiger partial charge is 0.258 e. The van der Waals surface area contributed by atoms with Crippen molar-refractivity contribution in [1.82, 2.24) is 5.32 Å². The van der Waals surface area contributed by atoms with Gasteiger partial charge in [-0.3, -0.25) is 4.79 Å². The summed E-state index contributed by atoms with van der Waals surface area (Å²) in [6.45, 7) is 0.132. The molecule has 1 aliphatic carbocycles. The third-order valence-corrected chi connectivity index (χ3v) is 4.77. The predicted molar refractivity (Wildman–Crippen MR) is 96.8 cm³/mol. The molecule has 0 radical (unpaired) electrons. The molecule has 0 aromatic heterocycles. The molecule has 2 aromatic carbocycles. The van der Waals surface area contributed by atoms with E-state index in [1.165, 1.54) is 0 Å². The maximum absolute atomic E-state index is 12.3. The number of ether oxygens (including phenoxy) is 5. The molecule has 1 aliphatic heterocycles. The van der Waals surface area contributed by atoms with E-state index in [0.717, 1.165) is 24.0 Å². The van der Waals surface area contributed by atoms with Crippen LogP contribution in [0, 0.1) is 0 Å². The van der Waals surface area contributed by atoms with E-state index in [-0.39, 0.29) is 25.3 Å². The lowest BCUT2D eigenvalue weighted by molar-refractivity contribution is -0.123. The van der Waals surface area contributed by atoms with Crippen LogP contribution in [0.5, 0.6) is 28.7 Å². The Kier molecular flexibility index (Phi) is 4.66. The molecule has 0 saturated carbocycles. The first-order chi connectivity index (χ1) is 13.2. The van der Waals surface area contributed by atoms with Crippen molar-refractivity contribution >= 4 is 5.91 Å². The van der Waals surface area contributed by atoms with Crippen molar-refractivity contribution in [3.05, 3.63) is 41.5 Å². The minimum absolute atomic E-state index is 0.0624. The van der Waals surface area contributed by atoms with E-state index in [9.17, 15) is 4.79 Å². The zero-order chi connectivity index (χ0) is 18.8. The molecular weight excluding hydrogens is 350 g/mol. The Bertz CT molecular complexity index is 866. The summed E-state index contributed by atoms with van der Waals surface area (Å²) < 4.78 is 26.9. The number of nitrogens with one attached hydrogen (secondary N) is 1. The van der Waals surface area contributed by atoms with E-state index in [1.807, 2.05) is 12.1 Å². The summed E-state index contributed by atoms with van der Waals surface area (Å²) in [6, 6.07) is 9.09. The summed E-state index contributed by atoms with van der Waals surface area (Å²) in [4.78, 5) is 12.3. The van der Waals surface area contributed by atoms with Gasteiger partial charge in [0.2, 0.25) is 6.79 Å². The summed E-state index contributed by atoms with van der Waals surface area (Å²) in [5.74, 6) is 3.05. The van der Waals surface area contributed by atoms with Gasteiger partial charge in [-0.15, -0.1) is 0 Å². The minimum Gasteiger partial charge on any atom is -0.493 e. The second kappa shape index (κ2) is 7.26. The van der Waals surface area contributed by atoms with Gasteiger partial charge in [0.1, 0.15) is 5.75 Å². The molecule has 0 unspecified atom stereocenters. The molecule has 1 heterocycles. The number of fused-ring (bicyclic) bond motifs is 2. The number of hydrogen-bond acceptors (Lipinski definition) is 6. The molecule has 1 amide bonds. The molecule has 0 spiro atoms. The van der Waals surface area contributed by atoms with Crippen LogP contribution in [0.2, 0.25) is 0 Å². The third kappa shape index (κ3) is 3.45. The van der Waals surface area contributed by atoms with Crippen molar-refractivity contribution in [1.29, 1.82) is 0 Å². The highest BCUT2D eigenvalue weighted by molar-refractivity contribution is 5.78. The average Bonchev–Trinajstić information content (AvgIpc) is 3.31. The fourth-order valence-corrected chi connectivity index (χ4v) is 3.43. The lowest BCUT2D eigenvalue weighted by Gasteiger charge is -2.16. The van der Waals surface area contributed by atoms with E-state index >= 15 is 0 Å². The molecule has 1 atom stereocenters. The number of aryl methyl sites for hydroxylation is 1. The molecule has 0 fully saturated rings. The quantitative estimate of drug-likeness (QED) is 0.841. The Morgan fingerprint density at radius 1 is 1.11 bits per heavy atom.